The van der Waals surface area contributed by atoms with E-state index in [2.05, 4.69) is 25.4 Å². The van der Waals surface area contributed by atoms with Crippen LogP contribution in [0.5, 0.6) is 11.8 Å². The number of amides is 2. The van der Waals surface area contributed by atoms with E-state index in [4.69, 9.17) is 42.9 Å². The van der Waals surface area contributed by atoms with E-state index >= 15 is 0 Å². The third-order valence-electron chi connectivity index (χ3n) is 4.90. The number of benzene rings is 1. The molecule has 19 heteroatoms. The number of nitrogens with one attached hydrogen (secondary N) is 2. The highest BCUT2D eigenvalue weighted by Gasteiger charge is 2.29. The van der Waals surface area contributed by atoms with E-state index < -0.39 is 38.6 Å². The number of urea groups is 1. The molecule has 16 nitrogen and oxygen atoms in total. The number of aryl methyl sites for hydroxylation is 1. The molecule has 1 aromatic carbocycles. The van der Waals surface area contributed by atoms with E-state index in [0.29, 0.717) is 15.9 Å². The van der Waals surface area contributed by atoms with Crippen molar-refractivity contribution in [1.29, 1.82) is 0 Å². The Morgan fingerprint density at radius 2 is 1.61 bits per heavy atom. The smallest absolute Gasteiger partial charge is 0.340 e. The van der Waals surface area contributed by atoms with Crippen LogP contribution in [0.1, 0.15) is 20.7 Å². The van der Waals surface area contributed by atoms with Crippen molar-refractivity contribution < 1.29 is 42.5 Å². The third kappa shape index (κ3) is 7.27. The first-order valence-electron chi connectivity index (χ1n) is 10.8. The molecule has 0 radical (unpaired) electrons. The molecule has 0 spiro atoms. The number of carbonyl (C=O) groups is 3. The summed E-state index contributed by atoms with van der Waals surface area (Å²) < 4.78 is 36.9. The lowest BCUT2D eigenvalue weighted by Gasteiger charge is -2.10. The molecule has 0 atom stereocenters. The van der Waals surface area contributed by atoms with E-state index in [0.717, 1.165) is 10.9 Å². The Balaban J connectivity index is 0.000000260. The molecular weight excluding hydrogens is 609 g/mol. The summed E-state index contributed by atoms with van der Waals surface area (Å²) in [6.07, 6.45) is 2.25. The molecule has 0 aliphatic rings. The molecular formula is C22H19Cl2N7O9S. The number of anilines is 1. The van der Waals surface area contributed by atoms with Crippen molar-refractivity contribution in [2.45, 2.75) is 5.03 Å². The predicted molar refractivity (Wildman–Crippen MR) is 143 cm³/mol. The minimum Gasteiger partial charge on any atom is -0.481 e. The molecule has 0 bridgehead atoms. The van der Waals surface area contributed by atoms with Gasteiger partial charge >= 0.3 is 18.0 Å². The van der Waals surface area contributed by atoms with Crippen molar-refractivity contribution in [3.63, 3.8) is 0 Å². The van der Waals surface area contributed by atoms with Crippen LogP contribution in [0.15, 0.2) is 41.7 Å². The molecule has 0 saturated carbocycles. The van der Waals surface area contributed by atoms with Gasteiger partial charge < -0.3 is 19.7 Å². The second kappa shape index (κ2) is 12.6. The van der Waals surface area contributed by atoms with Gasteiger partial charge in [0.1, 0.15) is 11.1 Å². The third-order valence-corrected chi connectivity index (χ3v) is 6.87. The van der Waals surface area contributed by atoms with Gasteiger partial charge in [-0.1, -0.05) is 29.3 Å². The Bertz CT molecular complexity index is 1740. The number of fused-ring (bicyclic) bond motifs is 1. The number of aromatic carboxylic acids is 2. The van der Waals surface area contributed by atoms with Gasteiger partial charge in [-0.25, -0.2) is 19.1 Å². The van der Waals surface area contributed by atoms with E-state index in [1.165, 1.54) is 39.6 Å². The molecule has 0 fully saturated rings. The number of hydrogen-bond donors (Lipinski definition) is 4. The molecule has 4 rings (SSSR count). The monoisotopic (exact) mass is 627 g/mol. The standard InChI is InChI=1S/C12H14N6O7S.C10H5Cl2NO2/c1-18-9(6(5-13-18)10(19)20)26(22,23)17-12(21)16-11-14-7(24-2)4-8(15-11)25-3;11-6-3-5-1-2-7(12)8(10(14)15)9(5)13-4-6/h4-5H,1-3H3,(H,19,20)(H2,14,15,16,17,21);1-4H,(H,14,15). The van der Waals surface area contributed by atoms with Crippen molar-refractivity contribution in [3.05, 3.63) is 57.8 Å². The first kappa shape index (κ1) is 30.8. The number of halogens is 2. The molecule has 216 valence electrons. The molecule has 3 aromatic heterocycles. The maximum absolute atomic E-state index is 12.3. The van der Waals surface area contributed by atoms with E-state index in [9.17, 15) is 22.8 Å². The second-order valence-electron chi connectivity index (χ2n) is 7.58. The van der Waals surface area contributed by atoms with Crippen LogP contribution < -0.4 is 19.5 Å². The number of ether oxygens (including phenoxy) is 2. The van der Waals surface area contributed by atoms with Crippen LogP contribution in [0.25, 0.3) is 10.9 Å². The van der Waals surface area contributed by atoms with Gasteiger partial charge in [-0.15, -0.1) is 0 Å². The summed E-state index contributed by atoms with van der Waals surface area (Å²) in [4.78, 5) is 45.6. The number of carbonyl (C=O) groups excluding carboxylic acids is 1. The highest BCUT2D eigenvalue weighted by Crippen LogP contribution is 2.26. The molecule has 2 amide bonds. The summed E-state index contributed by atoms with van der Waals surface area (Å²) in [5.41, 5.74) is -0.239. The van der Waals surface area contributed by atoms with Gasteiger partial charge in [0.15, 0.2) is 5.03 Å². The van der Waals surface area contributed by atoms with Crippen LogP contribution in [0.2, 0.25) is 10.0 Å². The zero-order valence-corrected chi connectivity index (χ0v) is 23.4. The highest BCUT2D eigenvalue weighted by atomic mass is 35.5. The number of nitrogens with zero attached hydrogens (tertiary/aromatic N) is 5. The number of pyridine rings is 1. The van der Waals surface area contributed by atoms with E-state index in [1.54, 1.807) is 16.9 Å². The zero-order valence-electron chi connectivity index (χ0n) is 21.1. The average molecular weight is 628 g/mol. The van der Waals surface area contributed by atoms with Gasteiger partial charge in [-0.3, -0.25) is 15.0 Å². The molecule has 4 N–H and O–H groups in total. The van der Waals surface area contributed by atoms with Crippen molar-refractivity contribution >= 4 is 68.0 Å². The fraction of sp³-hybridized carbons (Fsp3) is 0.136. The summed E-state index contributed by atoms with van der Waals surface area (Å²) in [5.74, 6) is -2.78. The quantitative estimate of drug-likeness (QED) is 0.231. The predicted octanol–water partition coefficient (Wildman–Crippen LogP) is 2.68. The van der Waals surface area contributed by atoms with Crippen LogP contribution in [0, 0.1) is 0 Å². The maximum atomic E-state index is 12.3. The Kier molecular flexibility index (Phi) is 9.48. The molecule has 0 aliphatic carbocycles. The fourth-order valence-corrected chi connectivity index (χ4v) is 4.83. The van der Waals surface area contributed by atoms with E-state index in [-0.39, 0.29) is 28.3 Å². The highest BCUT2D eigenvalue weighted by molar-refractivity contribution is 7.90. The molecule has 0 saturated heterocycles. The summed E-state index contributed by atoms with van der Waals surface area (Å²) >= 11 is 11.5. The number of sulfonamides is 1. The number of carboxylic acids is 2. The van der Waals surface area contributed by atoms with Crippen molar-refractivity contribution in [2.75, 3.05) is 19.5 Å². The van der Waals surface area contributed by atoms with Gasteiger partial charge in [0.05, 0.1) is 42.0 Å². The molecule has 0 aliphatic heterocycles. The van der Waals surface area contributed by atoms with Gasteiger partial charge in [0.2, 0.25) is 17.7 Å². The first-order valence-corrected chi connectivity index (χ1v) is 13.0. The molecule has 3 heterocycles. The van der Waals surface area contributed by atoms with E-state index in [1.807, 2.05) is 0 Å². The zero-order chi connectivity index (χ0) is 30.5. The minimum absolute atomic E-state index is 0.00540. The van der Waals surface area contributed by atoms with Crippen LogP contribution in [-0.4, -0.2) is 75.6 Å². The summed E-state index contributed by atoms with van der Waals surface area (Å²) in [6, 6.07) is 4.97. The number of aromatic nitrogens is 5. The lowest BCUT2D eigenvalue weighted by molar-refractivity contribution is 0.0684. The Hall–Kier alpha value is -4.74. The van der Waals surface area contributed by atoms with Crippen LogP contribution in [0.3, 0.4) is 0 Å². The Morgan fingerprint density at radius 3 is 2.17 bits per heavy atom. The largest absolute Gasteiger partial charge is 0.481 e. The summed E-state index contributed by atoms with van der Waals surface area (Å²) in [7, 11) is -0.667. The molecule has 41 heavy (non-hydrogen) atoms. The average Bonchev–Trinajstić information content (AvgIpc) is 3.31. The van der Waals surface area contributed by atoms with Gasteiger partial charge in [0.25, 0.3) is 10.0 Å². The van der Waals surface area contributed by atoms with Gasteiger partial charge in [-0.05, 0) is 12.1 Å². The van der Waals surface area contributed by atoms with Gasteiger partial charge in [-0.2, -0.15) is 23.5 Å². The van der Waals surface area contributed by atoms with Crippen molar-refractivity contribution in [1.82, 2.24) is 29.5 Å². The Morgan fingerprint density at radius 1 is 0.976 bits per heavy atom. The minimum atomic E-state index is -4.53. The Labute approximate surface area is 240 Å². The number of methoxy groups -OCH3 is 2. The number of hydrogen-bond acceptors (Lipinski definition) is 11. The van der Waals surface area contributed by atoms with Crippen molar-refractivity contribution in [2.24, 2.45) is 7.05 Å². The van der Waals surface area contributed by atoms with Crippen LogP contribution in [0.4, 0.5) is 10.7 Å². The van der Waals surface area contributed by atoms with Gasteiger partial charge in [0, 0.05) is 18.6 Å². The second-order valence-corrected chi connectivity index (χ2v) is 10.0. The van der Waals surface area contributed by atoms with Crippen LogP contribution in [-0.2, 0) is 17.1 Å². The summed E-state index contributed by atoms with van der Waals surface area (Å²) in [5, 5.41) is 24.3. The fourth-order valence-electron chi connectivity index (χ4n) is 3.21. The number of carboxylic acid groups (broad SMARTS) is 2. The molecule has 4 aromatic rings. The topological polar surface area (TPSA) is 225 Å². The SMILES string of the molecule is COc1cc(OC)nc(NC(=O)NS(=O)(=O)c2c(C(=O)O)cnn2C)n1.O=C(O)c1c(Cl)ccc2cc(Cl)cnc12. The maximum Gasteiger partial charge on any atom is 0.340 e. The lowest BCUT2D eigenvalue weighted by Crippen LogP contribution is -2.36. The lowest BCUT2D eigenvalue weighted by atomic mass is 10.1. The first-order chi connectivity index (χ1) is 19.3. The van der Waals surface area contributed by atoms with Crippen molar-refractivity contribution in [3.8, 4) is 11.8 Å². The number of rotatable bonds is 7. The molecule has 0 unspecified atom stereocenters. The summed E-state index contributed by atoms with van der Waals surface area (Å²) in [6.45, 7) is 0. The van der Waals surface area contributed by atoms with Crippen LogP contribution >= 0.6 is 23.2 Å². The normalized spacial score (nSPS) is 10.8.